The van der Waals surface area contributed by atoms with Gasteiger partial charge in [-0.15, -0.1) is 0 Å². The standard InChI is InChI=1S/C16H28N2O4/c1-5-11(4)15(20)18-8-6-7-12(9-18)14(19)17-13(10(2)3)16(21)22/h10-13H,5-9H2,1-4H3,(H,17,19)(H,21,22). The molecule has 0 spiro atoms. The minimum absolute atomic E-state index is 0.0377. The molecular weight excluding hydrogens is 284 g/mol. The molecule has 1 saturated heterocycles. The molecular formula is C16H28N2O4. The van der Waals surface area contributed by atoms with E-state index in [9.17, 15) is 14.4 Å². The smallest absolute Gasteiger partial charge is 0.326 e. The van der Waals surface area contributed by atoms with E-state index in [1.165, 1.54) is 0 Å². The van der Waals surface area contributed by atoms with Crippen LogP contribution in [0.25, 0.3) is 0 Å². The average molecular weight is 312 g/mol. The number of aliphatic carboxylic acids is 1. The number of carboxylic acid groups (broad SMARTS) is 1. The van der Waals surface area contributed by atoms with E-state index >= 15 is 0 Å². The highest BCUT2D eigenvalue weighted by molar-refractivity contribution is 5.86. The first-order chi connectivity index (χ1) is 10.3. The van der Waals surface area contributed by atoms with Crippen molar-refractivity contribution < 1.29 is 19.5 Å². The van der Waals surface area contributed by atoms with Gasteiger partial charge in [0.2, 0.25) is 11.8 Å². The fourth-order valence-electron chi connectivity index (χ4n) is 2.66. The van der Waals surface area contributed by atoms with Gasteiger partial charge in [0.05, 0.1) is 5.92 Å². The highest BCUT2D eigenvalue weighted by atomic mass is 16.4. The average Bonchev–Trinajstić information content (AvgIpc) is 2.50. The third-order valence-electron chi connectivity index (χ3n) is 4.37. The van der Waals surface area contributed by atoms with E-state index in [1.807, 2.05) is 13.8 Å². The number of nitrogens with zero attached hydrogens (tertiary/aromatic N) is 1. The lowest BCUT2D eigenvalue weighted by atomic mass is 9.94. The van der Waals surface area contributed by atoms with Crippen LogP contribution in [0.15, 0.2) is 0 Å². The normalized spacial score (nSPS) is 21.3. The highest BCUT2D eigenvalue weighted by Gasteiger charge is 2.32. The maximum atomic E-state index is 12.3. The SMILES string of the molecule is CCC(C)C(=O)N1CCCC(C(=O)NC(C(=O)O)C(C)C)C1. The molecule has 1 rings (SSSR count). The van der Waals surface area contributed by atoms with Crippen molar-refractivity contribution in [2.75, 3.05) is 13.1 Å². The van der Waals surface area contributed by atoms with Crippen LogP contribution < -0.4 is 5.32 Å². The summed E-state index contributed by atoms with van der Waals surface area (Å²) >= 11 is 0. The maximum absolute atomic E-state index is 12.3. The number of hydrogen-bond donors (Lipinski definition) is 2. The second-order valence-electron chi connectivity index (χ2n) is 6.50. The van der Waals surface area contributed by atoms with Gasteiger partial charge in [-0.3, -0.25) is 9.59 Å². The Morgan fingerprint density at radius 2 is 1.91 bits per heavy atom. The summed E-state index contributed by atoms with van der Waals surface area (Å²) in [6, 6.07) is -0.881. The number of carbonyl (C=O) groups is 3. The number of likely N-dealkylation sites (tertiary alicyclic amines) is 1. The molecule has 2 amide bonds. The van der Waals surface area contributed by atoms with Crippen molar-refractivity contribution in [3.05, 3.63) is 0 Å². The Bertz CT molecular complexity index is 422. The number of nitrogens with one attached hydrogen (secondary N) is 1. The molecule has 0 radical (unpaired) electrons. The van der Waals surface area contributed by atoms with Gasteiger partial charge in [-0.05, 0) is 25.2 Å². The van der Waals surface area contributed by atoms with Crippen molar-refractivity contribution in [1.82, 2.24) is 10.2 Å². The predicted molar refractivity (Wildman–Crippen MR) is 83.2 cm³/mol. The van der Waals surface area contributed by atoms with Crippen molar-refractivity contribution in [2.24, 2.45) is 17.8 Å². The number of carbonyl (C=O) groups excluding carboxylic acids is 2. The van der Waals surface area contributed by atoms with Gasteiger partial charge in [0.25, 0.3) is 0 Å². The van der Waals surface area contributed by atoms with Crippen molar-refractivity contribution in [2.45, 2.75) is 53.0 Å². The van der Waals surface area contributed by atoms with Crippen molar-refractivity contribution >= 4 is 17.8 Å². The summed E-state index contributed by atoms with van der Waals surface area (Å²) in [4.78, 5) is 37.5. The molecule has 6 nitrogen and oxygen atoms in total. The van der Waals surface area contributed by atoms with Gasteiger partial charge >= 0.3 is 5.97 Å². The Kier molecular flexibility index (Phi) is 6.84. The van der Waals surface area contributed by atoms with E-state index in [-0.39, 0.29) is 29.6 Å². The molecule has 0 aliphatic carbocycles. The lowest BCUT2D eigenvalue weighted by Crippen LogP contribution is -2.51. The zero-order valence-corrected chi connectivity index (χ0v) is 14.0. The minimum atomic E-state index is -1.02. The summed E-state index contributed by atoms with van der Waals surface area (Å²) in [5.74, 6) is -1.73. The first-order valence-electron chi connectivity index (χ1n) is 8.09. The van der Waals surface area contributed by atoms with Gasteiger partial charge in [0, 0.05) is 19.0 Å². The van der Waals surface area contributed by atoms with E-state index in [0.717, 1.165) is 12.8 Å². The second-order valence-corrected chi connectivity index (χ2v) is 6.50. The molecule has 1 fully saturated rings. The number of hydrogen-bond acceptors (Lipinski definition) is 3. The second kappa shape index (κ2) is 8.15. The predicted octanol–water partition coefficient (Wildman–Crippen LogP) is 1.50. The number of carboxylic acids is 1. The number of piperidine rings is 1. The van der Waals surface area contributed by atoms with Crippen LogP contribution in [0.3, 0.4) is 0 Å². The van der Waals surface area contributed by atoms with Gasteiger partial charge in [-0.1, -0.05) is 27.7 Å². The molecule has 0 bridgehead atoms. The Hall–Kier alpha value is -1.59. The number of amides is 2. The van der Waals surface area contributed by atoms with Crippen LogP contribution in [-0.4, -0.2) is 46.9 Å². The van der Waals surface area contributed by atoms with E-state index < -0.39 is 12.0 Å². The molecule has 126 valence electrons. The van der Waals surface area contributed by atoms with Gasteiger partial charge in [0.15, 0.2) is 0 Å². The summed E-state index contributed by atoms with van der Waals surface area (Å²) in [6.07, 6.45) is 2.25. The van der Waals surface area contributed by atoms with Crippen LogP contribution in [0, 0.1) is 17.8 Å². The summed E-state index contributed by atoms with van der Waals surface area (Å²) < 4.78 is 0. The zero-order valence-electron chi connectivity index (χ0n) is 14.0. The number of rotatable bonds is 6. The Balaban J connectivity index is 2.66. The maximum Gasteiger partial charge on any atom is 0.326 e. The topological polar surface area (TPSA) is 86.7 Å². The Morgan fingerprint density at radius 3 is 2.41 bits per heavy atom. The molecule has 3 unspecified atom stereocenters. The van der Waals surface area contributed by atoms with Crippen LogP contribution >= 0.6 is 0 Å². The first kappa shape index (κ1) is 18.5. The summed E-state index contributed by atoms with van der Waals surface area (Å²) in [6.45, 7) is 8.46. The van der Waals surface area contributed by atoms with Crippen LogP contribution in [-0.2, 0) is 14.4 Å². The molecule has 6 heteroatoms. The van der Waals surface area contributed by atoms with Crippen molar-refractivity contribution in [3.63, 3.8) is 0 Å². The van der Waals surface area contributed by atoms with Crippen LogP contribution in [0.5, 0.6) is 0 Å². The largest absolute Gasteiger partial charge is 0.480 e. The zero-order chi connectivity index (χ0) is 16.9. The van der Waals surface area contributed by atoms with Gasteiger partial charge in [-0.25, -0.2) is 4.79 Å². The quantitative estimate of drug-likeness (QED) is 0.778. The summed E-state index contributed by atoms with van der Waals surface area (Å²) in [5.41, 5.74) is 0. The monoisotopic (exact) mass is 312 g/mol. The van der Waals surface area contributed by atoms with E-state index in [2.05, 4.69) is 5.32 Å². The fraction of sp³-hybridized carbons (Fsp3) is 0.812. The van der Waals surface area contributed by atoms with Gasteiger partial charge in [0.1, 0.15) is 6.04 Å². The third kappa shape index (κ3) is 4.71. The molecule has 22 heavy (non-hydrogen) atoms. The third-order valence-corrected chi connectivity index (χ3v) is 4.37. The lowest BCUT2D eigenvalue weighted by Gasteiger charge is -2.34. The summed E-state index contributed by atoms with van der Waals surface area (Å²) in [5, 5.41) is 11.8. The minimum Gasteiger partial charge on any atom is -0.480 e. The van der Waals surface area contributed by atoms with E-state index in [0.29, 0.717) is 19.5 Å². The lowest BCUT2D eigenvalue weighted by molar-refractivity contribution is -0.145. The van der Waals surface area contributed by atoms with Crippen LogP contribution in [0.4, 0.5) is 0 Å². The molecule has 2 N–H and O–H groups in total. The Morgan fingerprint density at radius 1 is 1.27 bits per heavy atom. The van der Waals surface area contributed by atoms with Gasteiger partial charge < -0.3 is 15.3 Å². The van der Waals surface area contributed by atoms with Crippen LogP contribution in [0.1, 0.15) is 47.0 Å². The molecule has 1 aliphatic heterocycles. The van der Waals surface area contributed by atoms with E-state index in [1.54, 1.807) is 18.7 Å². The molecule has 0 aromatic heterocycles. The van der Waals surface area contributed by atoms with Gasteiger partial charge in [-0.2, -0.15) is 0 Å². The molecule has 0 aromatic carbocycles. The van der Waals surface area contributed by atoms with Crippen molar-refractivity contribution in [3.8, 4) is 0 Å². The molecule has 3 atom stereocenters. The summed E-state index contributed by atoms with van der Waals surface area (Å²) in [7, 11) is 0. The molecule has 0 aromatic rings. The fourth-order valence-corrected chi connectivity index (χ4v) is 2.66. The van der Waals surface area contributed by atoms with Crippen LogP contribution in [0.2, 0.25) is 0 Å². The first-order valence-corrected chi connectivity index (χ1v) is 8.09. The van der Waals surface area contributed by atoms with E-state index in [4.69, 9.17) is 5.11 Å². The molecule has 1 heterocycles. The highest BCUT2D eigenvalue weighted by Crippen LogP contribution is 2.20. The molecule has 1 aliphatic rings. The molecule has 0 saturated carbocycles. The van der Waals surface area contributed by atoms with Crippen molar-refractivity contribution in [1.29, 1.82) is 0 Å². The Labute approximate surface area is 132 Å².